The second-order valence-corrected chi connectivity index (χ2v) is 13.3. The van der Waals surface area contributed by atoms with Gasteiger partial charge in [-0.15, -0.1) is 0 Å². The number of furan rings is 1. The first kappa shape index (κ1) is 26.5. The van der Waals surface area contributed by atoms with E-state index in [1.54, 1.807) is 60.9 Å². The molecule has 5 rings (SSSR count). The lowest BCUT2D eigenvalue weighted by atomic mass is 10.1. The molecule has 11 heteroatoms. The van der Waals surface area contributed by atoms with E-state index in [1.807, 2.05) is 24.3 Å². The maximum atomic E-state index is 12.9. The minimum Gasteiger partial charge on any atom is -0.464 e. The second-order valence-electron chi connectivity index (χ2n) is 9.05. The van der Waals surface area contributed by atoms with Crippen molar-refractivity contribution in [1.29, 1.82) is 0 Å². The summed E-state index contributed by atoms with van der Waals surface area (Å²) in [6.45, 7) is 0.863. The van der Waals surface area contributed by atoms with E-state index in [-0.39, 0.29) is 15.5 Å². The molecule has 0 saturated carbocycles. The predicted molar refractivity (Wildman–Crippen MR) is 150 cm³/mol. The minimum atomic E-state index is -3.60. The van der Waals surface area contributed by atoms with E-state index >= 15 is 0 Å². The number of sulfone groups is 2. The number of benzene rings is 3. The molecule has 0 spiro atoms. The van der Waals surface area contributed by atoms with E-state index in [9.17, 15) is 16.8 Å². The molecule has 0 aliphatic heterocycles. The van der Waals surface area contributed by atoms with Crippen LogP contribution >= 0.6 is 0 Å². The molecule has 2 aromatic heterocycles. The smallest absolute Gasteiger partial charge is 0.206 e. The molecule has 0 radical (unpaired) electrons. The van der Waals surface area contributed by atoms with Crippen LogP contribution in [0.25, 0.3) is 22.2 Å². The Labute approximate surface area is 226 Å². The van der Waals surface area contributed by atoms with Crippen LogP contribution in [-0.2, 0) is 26.2 Å². The lowest BCUT2D eigenvalue weighted by molar-refractivity contribution is 0.574. The van der Waals surface area contributed by atoms with Crippen molar-refractivity contribution >= 4 is 42.1 Å². The molecule has 0 bridgehead atoms. The number of fused-ring (bicyclic) bond motifs is 1. The summed E-state index contributed by atoms with van der Waals surface area (Å²) in [6, 6.07) is 22.5. The summed E-state index contributed by atoms with van der Waals surface area (Å²) in [6.07, 6.45) is 4.31. The van der Waals surface area contributed by atoms with Crippen LogP contribution in [0.4, 0.5) is 11.5 Å². The van der Waals surface area contributed by atoms with E-state index in [0.717, 1.165) is 16.5 Å². The monoisotopic (exact) mass is 562 g/mol. The third-order valence-corrected chi connectivity index (χ3v) is 8.77. The Morgan fingerprint density at radius 3 is 2.33 bits per heavy atom. The van der Waals surface area contributed by atoms with Crippen molar-refractivity contribution in [2.24, 2.45) is 0 Å². The first-order valence-corrected chi connectivity index (χ1v) is 15.6. The topological polar surface area (TPSA) is 131 Å². The molecular formula is C28H26N4O5S2. The summed E-state index contributed by atoms with van der Waals surface area (Å²) < 4.78 is 54.0. The van der Waals surface area contributed by atoms with Crippen LogP contribution in [0.2, 0.25) is 0 Å². The van der Waals surface area contributed by atoms with Gasteiger partial charge in [-0.05, 0) is 54.6 Å². The molecule has 0 amide bonds. The molecular weight excluding hydrogens is 536 g/mol. The highest BCUT2D eigenvalue weighted by Gasteiger charge is 2.17. The molecule has 2 N–H and O–H groups in total. The Balaban J connectivity index is 1.30. The third kappa shape index (κ3) is 6.33. The quantitative estimate of drug-likeness (QED) is 0.234. The van der Waals surface area contributed by atoms with Gasteiger partial charge in [0.1, 0.15) is 27.7 Å². The minimum absolute atomic E-state index is 0.0788. The summed E-state index contributed by atoms with van der Waals surface area (Å²) in [5, 5.41) is 7.14. The van der Waals surface area contributed by atoms with Crippen molar-refractivity contribution in [3.8, 4) is 11.3 Å². The highest BCUT2D eigenvalue weighted by atomic mass is 32.2. The van der Waals surface area contributed by atoms with Crippen molar-refractivity contribution in [1.82, 2.24) is 15.3 Å². The first-order chi connectivity index (χ1) is 18.7. The summed E-state index contributed by atoms with van der Waals surface area (Å²) in [5.74, 6) is 1.33. The average molecular weight is 563 g/mol. The molecule has 200 valence electrons. The second kappa shape index (κ2) is 11.0. The Morgan fingerprint density at radius 2 is 1.59 bits per heavy atom. The Hall–Kier alpha value is -4.06. The zero-order valence-electron chi connectivity index (χ0n) is 21.0. The Bertz CT molecular complexity index is 1820. The standard InChI is InChI=1S/C28H26N4O5S2/c1-38(33,34)14-13-29-17-20-15-27(37-18-20)21-7-12-25-26(16-21)30-19-31-28(25)32-22-8-10-24(11-9-22)39(35,36)23-5-3-2-4-6-23/h2-12,15-16,18-19,29H,13-14,17H2,1H3,(H,30,31,32). The van der Waals surface area contributed by atoms with Crippen molar-refractivity contribution in [2.75, 3.05) is 23.9 Å². The lowest BCUT2D eigenvalue weighted by Gasteiger charge is -2.10. The number of aromatic nitrogens is 2. The SMILES string of the molecule is CS(=O)(=O)CCNCc1coc(-c2ccc3c(Nc4ccc(S(=O)(=O)c5ccccc5)cc4)ncnc3c2)c1. The van der Waals surface area contributed by atoms with Crippen molar-refractivity contribution < 1.29 is 21.3 Å². The molecule has 0 aliphatic carbocycles. The Kier molecular flexibility index (Phi) is 7.47. The molecule has 5 aromatic rings. The van der Waals surface area contributed by atoms with Crippen LogP contribution in [-0.4, -0.2) is 45.4 Å². The van der Waals surface area contributed by atoms with Gasteiger partial charge in [0.15, 0.2) is 0 Å². The summed E-state index contributed by atoms with van der Waals surface area (Å²) in [5.41, 5.74) is 3.13. The molecule has 9 nitrogen and oxygen atoms in total. The summed E-state index contributed by atoms with van der Waals surface area (Å²) in [4.78, 5) is 9.22. The van der Waals surface area contributed by atoms with E-state index in [2.05, 4.69) is 20.6 Å². The number of rotatable bonds is 10. The molecule has 0 aliphatic rings. The van der Waals surface area contributed by atoms with Crippen LogP contribution in [0, 0.1) is 0 Å². The van der Waals surface area contributed by atoms with Gasteiger partial charge in [-0.1, -0.05) is 24.3 Å². The van der Waals surface area contributed by atoms with Crippen LogP contribution in [0.5, 0.6) is 0 Å². The van der Waals surface area contributed by atoms with Gasteiger partial charge in [0.25, 0.3) is 0 Å². The fraction of sp³-hybridized carbons (Fsp3) is 0.143. The number of hydrogen-bond donors (Lipinski definition) is 2. The number of hydrogen-bond acceptors (Lipinski definition) is 9. The number of anilines is 2. The zero-order valence-corrected chi connectivity index (χ0v) is 22.7. The summed E-state index contributed by atoms with van der Waals surface area (Å²) >= 11 is 0. The third-order valence-electron chi connectivity index (χ3n) is 6.03. The van der Waals surface area contributed by atoms with E-state index in [0.29, 0.717) is 35.9 Å². The van der Waals surface area contributed by atoms with Gasteiger partial charge in [0.2, 0.25) is 9.84 Å². The molecule has 0 saturated heterocycles. The van der Waals surface area contributed by atoms with Crippen LogP contribution in [0.15, 0.2) is 106 Å². The molecule has 0 fully saturated rings. The molecule has 0 atom stereocenters. The summed E-state index contributed by atoms with van der Waals surface area (Å²) in [7, 11) is -6.60. The van der Waals surface area contributed by atoms with Gasteiger partial charge >= 0.3 is 0 Å². The van der Waals surface area contributed by atoms with Gasteiger partial charge in [-0.3, -0.25) is 0 Å². The van der Waals surface area contributed by atoms with Gasteiger partial charge in [-0.2, -0.15) is 0 Å². The Morgan fingerprint density at radius 1 is 0.846 bits per heavy atom. The zero-order chi connectivity index (χ0) is 27.5. The van der Waals surface area contributed by atoms with Crippen LogP contribution < -0.4 is 10.6 Å². The average Bonchev–Trinajstić information content (AvgIpc) is 3.40. The fourth-order valence-electron chi connectivity index (χ4n) is 4.01. The van der Waals surface area contributed by atoms with Gasteiger partial charge in [0.05, 0.1) is 27.3 Å². The molecule has 3 aromatic carbocycles. The molecule has 0 unspecified atom stereocenters. The van der Waals surface area contributed by atoms with E-state index < -0.39 is 19.7 Å². The maximum absolute atomic E-state index is 12.9. The first-order valence-electron chi connectivity index (χ1n) is 12.1. The van der Waals surface area contributed by atoms with Gasteiger partial charge < -0.3 is 15.1 Å². The number of nitrogens with zero attached hydrogens (tertiary/aromatic N) is 2. The molecule has 2 heterocycles. The largest absolute Gasteiger partial charge is 0.464 e. The van der Waals surface area contributed by atoms with Crippen molar-refractivity contribution in [3.05, 3.63) is 97.0 Å². The fourth-order valence-corrected chi connectivity index (χ4v) is 5.81. The van der Waals surface area contributed by atoms with Gasteiger partial charge in [0, 0.05) is 41.5 Å². The maximum Gasteiger partial charge on any atom is 0.206 e. The lowest BCUT2D eigenvalue weighted by Crippen LogP contribution is -2.21. The van der Waals surface area contributed by atoms with Crippen LogP contribution in [0.1, 0.15) is 5.56 Å². The molecule has 39 heavy (non-hydrogen) atoms. The van der Waals surface area contributed by atoms with Gasteiger partial charge in [-0.25, -0.2) is 26.8 Å². The predicted octanol–water partition coefficient (Wildman–Crippen LogP) is 4.60. The van der Waals surface area contributed by atoms with Crippen LogP contribution in [0.3, 0.4) is 0 Å². The van der Waals surface area contributed by atoms with E-state index in [1.165, 1.54) is 12.6 Å². The number of nitrogens with one attached hydrogen (secondary N) is 2. The van der Waals surface area contributed by atoms with Crippen molar-refractivity contribution in [2.45, 2.75) is 16.3 Å². The highest BCUT2D eigenvalue weighted by Crippen LogP contribution is 2.30. The van der Waals surface area contributed by atoms with E-state index in [4.69, 9.17) is 4.42 Å². The normalized spacial score (nSPS) is 12.0. The highest BCUT2D eigenvalue weighted by molar-refractivity contribution is 7.91. The van der Waals surface area contributed by atoms with Crippen molar-refractivity contribution in [3.63, 3.8) is 0 Å².